The van der Waals surface area contributed by atoms with Gasteiger partial charge in [-0.1, -0.05) is 78.3 Å². The van der Waals surface area contributed by atoms with Crippen LogP contribution in [-0.4, -0.2) is 29.6 Å². The quantitative estimate of drug-likeness (QED) is 0.118. The molecule has 210 valence electrons. The third-order valence-electron chi connectivity index (χ3n) is 8.41. The molecule has 0 spiro atoms. The van der Waals surface area contributed by atoms with E-state index in [2.05, 4.69) is 52.0 Å². The topological polar surface area (TPSA) is 68.2 Å². The van der Waals surface area contributed by atoms with Gasteiger partial charge in [0.05, 0.1) is 28.2 Å². The number of halogens is 2. The van der Waals surface area contributed by atoms with Crippen LogP contribution in [0.4, 0.5) is 0 Å². The van der Waals surface area contributed by atoms with Crippen molar-refractivity contribution in [1.29, 1.82) is 0 Å². The molecule has 0 radical (unpaired) electrons. The molecule has 2 amide bonds. The van der Waals surface area contributed by atoms with Gasteiger partial charge >= 0.3 is 0 Å². The summed E-state index contributed by atoms with van der Waals surface area (Å²) in [6, 6.07) is 27.6. The predicted octanol–water partition coefficient (Wildman–Crippen LogP) is 7.15. The molecule has 8 heteroatoms. The minimum Gasteiger partial charge on any atom is -0.490 e. The molecule has 1 fully saturated rings. The van der Waals surface area contributed by atoms with Crippen molar-refractivity contribution < 1.29 is 19.1 Å². The van der Waals surface area contributed by atoms with Crippen molar-refractivity contribution in [2.45, 2.75) is 25.4 Å². The molecule has 8 rings (SSSR count). The highest BCUT2D eigenvalue weighted by Crippen LogP contribution is 2.61. The van der Waals surface area contributed by atoms with Gasteiger partial charge in [-0.25, -0.2) is 0 Å². The first kappa shape index (κ1) is 27.2. The van der Waals surface area contributed by atoms with Crippen LogP contribution in [0.2, 0.25) is 5.02 Å². The normalized spacial score (nSPS) is 21.8. The van der Waals surface area contributed by atoms with Gasteiger partial charge in [-0.3, -0.25) is 9.59 Å². The van der Waals surface area contributed by atoms with Gasteiger partial charge in [0.1, 0.15) is 6.61 Å². The molecule has 4 aliphatic rings. The number of amides is 2. The lowest BCUT2D eigenvalue weighted by molar-refractivity contribution is -0.139. The Bertz CT molecular complexity index is 1660. The van der Waals surface area contributed by atoms with Gasteiger partial charge in [0.25, 0.3) is 11.8 Å². The van der Waals surface area contributed by atoms with Crippen molar-refractivity contribution in [3.8, 4) is 11.5 Å². The van der Waals surface area contributed by atoms with Crippen LogP contribution in [0, 0.1) is 15.4 Å². The van der Waals surface area contributed by atoms with Gasteiger partial charge in [0, 0.05) is 22.4 Å². The third kappa shape index (κ3) is 4.32. The molecule has 2 bridgehead atoms. The molecule has 6 nitrogen and oxygen atoms in total. The summed E-state index contributed by atoms with van der Waals surface area (Å²) in [7, 11) is 0. The zero-order chi connectivity index (χ0) is 29.0. The Morgan fingerprint density at radius 2 is 1.38 bits per heavy atom. The van der Waals surface area contributed by atoms with Gasteiger partial charge in [0.2, 0.25) is 0 Å². The van der Waals surface area contributed by atoms with Crippen molar-refractivity contribution in [2.75, 3.05) is 6.61 Å². The zero-order valence-electron chi connectivity index (χ0n) is 22.7. The Balaban J connectivity index is 1.19. The van der Waals surface area contributed by atoms with E-state index in [0.29, 0.717) is 28.7 Å². The molecule has 0 N–H and O–H groups in total. The van der Waals surface area contributed by atoms with Gasteiger partial charge < -0.3 is 9.47 Å². The van der Waals surface area contributed by atoms with Crippen LogP contribution in [0.15, 0.2) is 90.0 Å². The van der Waals surface area contributed by atoms with E-state index in [4.69, 9.17) is 21.1 Å². The van der Waals surface area contributed by atoms with Crippen molar-refractivity contribution in [2.24, 2.45) is 16.9 Å². The summed E-state index contributed by atoms with van der Waals surface area (Å²) in [6.45, 7) is 2.63. The number of benzene rings is 4. The second-order valence-electron chi connectivity index (χ2n) is 10.6. The smallest absolute Gasteiger partial charge is 0.254 e. The lowest BCUT2D eigenvalue weighted by atomic mass is 9.55. The number of rotatable bonds is 7. The van der Waals surface area contributed by atoms with E-state index in [-0.39, 0.29) is 30.3 Å². The molecule has 1 saturated heterocycles. The van der Waals surface area contributed by atoms with E-state index in [0.717, 1.165) is 36.4 Å². The number of hydrogen-bond donors (Lipinski definition) is 0. The highest BCUT2D eigenvalue weighted by atomic mass is 127. The summed E-state index contributed by atoms with van der Waals surface area (Å²) in [5.74, 6) is -0.614. The number of nitrogens with zero attached hydrogens (tertiary/aromatic N) is 2. The Morgan fingerprint density at radius 3 is 1.93 bits per heavy atom. The fraction of sp³-hybridized carbons (Fsp3) is 0.206. The maximum absolute atomic E-state index is 13.9. The average Bonchev–Trinajstić information content (AvgIpc) is 3.26. The molecule has 1 heterocycles. The lowest BCUT2D eigenvalue weighted by Crippen LogP contribution is -2.41. The van der Waals surface area contributed by atoms with E-state index < -0.39 is 11.8 Å². The maximum Gasteiger partial charge on any atom is 0.254 e. The van der Waals surface area contributed by atoms with Crippen LogP contribution < -0.4 is 9.47 Å². The van der Waals surface area contributed by atoms with E-state index in [1.165, 1.54) is 0 Å². The van der Waals surface area contributed by atoms with Crippen molar-refractivity contribution in [3.05, 3.63) is 127 Å². The SMILES string of the molecule is CCOc1cc(/C=N\N2C(=O)[C@H]3C4c5ccccc5C(c5ccccc54)[C@@H]3C2=O)cc(I)c1OCc1ccccc1Cl. The Kier molecular flexibility index (Phi) is 7.02. The van der Waals surface area contributed by atoms with E-state index in [1.54, 1.807) is 6.21 Å². The molecule has 1 aliphatic heterocycles. The second-order valence-corrected chi connectivity index (χ2v) is 12.2. The van der Waals surface area contributed by atoms with Crippen LogP contribution in [0.5, 0.6) is 11.5 Å². The highest BCUT2D eigenvalue weighted by Gasteiger charge is 2.61. The molecular weight excluding hydrogens is 663 g/mol. The number of carbonyl (C=O) groups excluding carboxylic acids is 2. The minimum atomic E-state index is -0.468. The maximum atomic E-state index is 13.9. The summed E-state index contributed by atoms with van der Waals surface area (Å²) in [4.78, 5) is 27.7. The van der Waals surface area contributed by atoms with Gasteiger partial charge in [-0.15, -0.1) is 0 Å². The Labute approximate surface area is 262 Å². The molecular formula is C34H26ClIN2O4. The first-order valence-electron chi connectivity index (χ1n) is 13.9. The van der Waals surface area contributed by atoms with Gasteiger partial charge in [0.15, 0.2) is 11.5 Å². The van der Waals surface area contributed by atoms with Crippen LogP contribution in [0.3, 0.4) is 0 Å². The summed E-state index contributed by atoms with van der Waals surface area (Å²) in [5.41, 5.74) is 6.11. The van der Waals surface area contributed by atoms with Crippen LogP contribution >= 0.6 is 34.2 Å². The molecule has 0 saturated carbocycles. The summed E-state index contributed by atoms with van der Waals surface area (Å²) in [6.07, 6.45) is 1.55. The number of ether oxygens (including phenoxy) is 2. The number of imide groups is 1. The highest BCUT2D eigenvalue weighted by molar-refractivity contribution is 14.1. The summed E-state index contributed by atoms with van der Waals surface area (Å²) < 4.78 is 12.8. The lowest BCUT2D eigenvalue weighted by Gasteiger charge is -2.45. The molecule has 0 aromatic heterocycles. The molecule has 4 aromatic carbocycles. The molecule has 0 unspecified atom stereocenters. The second kappa shape index (κ2) is 10.9. The predicted molar refractivity (Wildman–Crippen MR) is 169 cm³/mol. The van der Waals surface area contributed by atoms with Gasteiger partial charge in [-0.2, -0.15) is 10.1 Å². The first-order valence-corrected chi connectivity index (χ1v) is 15.4. The fourth-order valence-corrected chi connectivity index (χ4v) is 7.70. The largest absolute Gasteiger partial charge is 0.490 e. The average molecular weight is 689 g/mol. The van der Waals surface area contributed by atoms with Crippen molar-refractivity contribution in [1.82, 2.24) is 5.01 Å². The summed E-state index contributed by atoms with van der Waals surface area (Å²) >= 11 is 8.51. The third-order valence-corrected chi connectivity index (χ3v) is 9.58. The number of hydrogen-bond acceptors (Lipinski definition) is 5. The Hall–Kier alpha value is -3.69. The number of carbonyl (C=O) groups is 2. The van der Waals surface area contributed by atoms with Crippen molar-refractivity contribution in [3.63, 3.8) is 0 Å². The standard InChI is InChI=1S/C34H26ClIN2O4/c1-2-41-27-16-19(15-26(36)32(27)42-18-20-9-3-8-14-25(20)35)17-37-38-33(39)30-28-21-10-4-5-11-22(21)29(31(30)34(38)40)24-13-7-6-12-23(24)28/h3-17,28-31H,2,18H2,1H3/b37-17-/t28?,29?,30-,31-/m0/s1. The van der Waals surface area contributed by atoms with Crippen LogP contribution in [0.1, 0.15) is 52.1 Å². The number of hydrazone groups is 1. The minimum absolute atomic E-state index is 0.163. The fourth-order valence-electron chi connectivity index (χ4n) is 6.73. The van der Waals surface area contributed by atoms with Crippen molar-refractivity contribution >= 4 is 52.2 Å². The summed E-state index contributed by atoms with van der Waals surface area (Å²) in [5, 5.41) is 6.19. The van der Waals surface area contributed by atoms with E-state index in [1.807, 2.05) is 67.6 Å². The van der Waals surface area contributed by atoms with Crippen LogP contribution in [-0.2, 0) is 16.2 Å². The Morgan fingerprint density at radius 1 is 0.833 bits per heavy atom. The van der Waals surface area contributed by atoms with E-state index >= 15 is 0 Å². The van der Waals surface area contributed by atoms with Crippen LogP contribution in [0.25, 0.3) is 0 Å². The monoisotopic (exact) mass is 688 g/mol. The van der Waals surface area contributed by atoms with Gasteiger partial charge in [-0.05, 0) is 75.5 Å². The van der Waals surface area contributed by atoms with E-state index in [9.17, 15) is 9.59 Å². The zero-order valence-corrected chi connectivity index (χ0v) is 25.6. The molecule has 4 aromatic rings. The molecule has 3 aliphatic carbocycles. The molecule has 42 heavy (non-hydrogen) atoms. The molecule has 2 atom stereocenters. The first-order chi connectivity index (χ1) is 20.5.